The van der Waals surface area contributed by atoms with Crippen molar-refractivity contribution in [1.29, 1.82) is 0 Å². The minimum absolute atomic E-state index is 0.0431. The fourth-order valence-electron chi connectivity index (χ4n) is 3.09. The van der Waals surface area contributed by atoms with E-state index in [0.717, 1.165) is 0 Å². The third-order valence-electron chi connectivity index (χ3n) is 4.50. The summed E-state index contributed by atoms with van der Waals surface area (Å²) in [5.74, 6) is 0.220. The van der Waals surface area contributed by atoms with E-state index in [0.29, 0.717) is 34.3 Å². The number of amides is 1. The smallest absolute Gasteiger partial charge is 0.240 e. The average molecular weight is 438 g/mol. The zero-order valence-electron chi connectivity index (χ0n) is 16.4. The number of fused-ring (bicyclic) bond motifs is 1. The molecule has 1 amide bonds. The molecule has 1 aliphatic rings. The molecule has 3 rings (SSSR count). The number of methoxy groups -OCH3 is 1. The number of hydrogen-bond acceptors (Lipinski definition) is 7. The van der Waals surface area contributed by atoms with Crippen LogP contribution in [0.5, 0.6) is 5.75 Å². The first-order chi connectivity index (χ1) is 13.6. The summed E-state index contributed by atoms with van der Waals surface area (Å²) in [7, 11) is -2.22. The maximum atomic E-state index is 12.3. The number of sulfonamides is 1. The van der Waals surface area contributed by atoms with Gasteiger partial charge in [-0.2, -0.15) is 0 Å². The van der Waals surface area contributed by atoms with E-state index in [1.165, 1.54) is 30.6 Å². The lowest BCUT2D eigenvalue weighted by atomic mass is 9.78. The van der Waals surface area contributed by atoms with Gasteiger partial charge in [0.25, 0.3) is 0 Å². The fraction of sp³-hybridized carbons (Fsp3) is 0.421. The van der Waals surface area contributed by atoms with Gasteiger partial charge in [0.2, 0.25) is 15.9 Å². The lowest BCUT2D eigenvalue weighted by Crippen LogP contribution is -2.27. The monoisotopic (exact) mass is 437 g/mol. The lowest BCUT2D eigenvalue weighted by Gasteiger charge is -2.26. The molecule has 2 aromatic rings. The van der Waals surface area contributed by atoms with Gasteiger partial charge in [-0.3, -0.25) is 9.59 Å². The van der Waals surface area contributed by atoms with Crippen LogP contribution in [0.2, 0.25) is 0 Å². The van der Waals surface area contributed by atoms with E-state index in [2.05, 4.69) is 15.0 Å². The van der Waals surface area contributed by atoms with Crippen LogP contribution in [0.25, 0.3) is 0 Å². The minimum atomic E-state index is -3.72. The fourth-order valence-corrected chi connectivity index (χ4v) is 5.06. The first kappa shape index (κ1) is 21.4. The van der Waals surface area contributed by atoms with E-state index < -0.39 is 10.0 Å². The van der Waals surface area contributed by atoms with Crippen LogP contribution in [0, 0.1) is 5.41 Å². The number of nitrogens with zero attached hydrogens (tertiary/aromatic N) is 1. The van der Waals surface area contributed by atoms with Gasteiger partial charge < -0.3 is 10.1 Å². The van der Waals surface area contributed by atoms with E-state index >= 15 is 0 Å². The highest BCUT2D eigenvalue weighted by Crippen LogP contribution is 2.38. The summed E-state index contributed by atoms with van der Waals surface area (Å²) in [5.41, 5.74) is 0.575. The van der Waals surface area contributed by atoms with Crippen LogP contribution in [0.1, 0.15) is 42.1 Å². The number of benzene rings is 1. The van der Waals surface area contributed by atoms with Crippen LogP contribution in [-0.4, -0.2) is 38.7 Å². The topological polar surface area (TPSA) is 114 Å². The largest absolute Gasteiger partial charge is 0.497 e. The Labute approximate surface area is 173 Å². The minimum Gasteiger partial charge on any atom is -0.497 e. The highest BCUT2D eigenvalue weighted by Gasteiger charge is 2.34. The standard InChI is InChI=1S/C19H23N3O5S2/c1-19(2)10-14-17(15(23)11-19)28-18(21-14)22-16(24)8-9-20-29(25,26)13-6-4-12(27-3)5-7-13/h4-7,20H,8-11H2,1-3H3,(H,21,22,24). The molecule has 8 nitrogen and oxygen atoms in total. The number of anilines is 1. The third-order valence-corrected chi connectivity index (χ3v) is 7.03. The van der Waals surface area contributed by atoms with Crippen molar-refractivity contribution < 1.29 is 22.7 Å². The van der Waals surface area contributed by atoms with Gasteiger partial charge in [0.1, 0.15) is 5.75 Å². The Balaban J connectivity index is 1.55. The van der Waals surface area contributed by atoms with Crippen LogP contribution in [0.15, 0.2) is 29.2 Å². The first-order valence-electron chi connectivity index (χ1n) is 9.06. The number of aromatic nitrogens is 1. The van der Waals surface area contributed by atoms with Crippen LogP contribution >= 0.6 is 11.3 Å². The molecule has 156 valence electrons. The predicted octanol–water partition coefficient (Wildman–Crippen LogP) is 2.61. The Hall–Kier alpha value is -2.30. The molecule has 0 radical (unpaired) electrons. The van der Waals surface area contributed by atoms with Gasteiger partial charge in [0.15, 0.2) is 10.9 Å². The first-order valence-corrected chi connectivity index (χ1v) is 11.4. The molecule has 1 aromatic heterocycles. The second-order valence-corrected chi connectivity index (χ2v) is 10.4. The second-order valence-electron chi connectivity index (χ2n) is 7.61. The second kappa shape index (κ2) is 8.21. The number of nitrogens with one attached hydrogen (secondary N) is 2. The van der Waals surface area contributed by atoms with E-state index in [1.807, 2.05) is 13.8 Å². The number of Topliss-reactive ketones (excluding diaryl/α,β-unsaturated/α-hetero) is 1. The van der Waals surface area contributed by atoms with E-state index in [-0.39, 0.29) is 35.0 Å². The van der Waals surface area contributed by atoms with Crippen molar-refractivity contribution in [3.8, 4) is 5.75 Å². The molecule has 1 aromatic carbocycles. The van der Waals surface area contributed by atoms with Crippen molar-refractivity contribution >= 4 is 38.2 Å². The molecule has 0 saturated heterocycles. The Kier molecular flexibility index (Phi) is 6.06. The third kappa shape index (κ3) is 5.20. The lowest BCUT2D eigenvalue weighted by molar-refractivity contribution is -0.116. The van der Waals surface area contributed by atoms with Crippen molar-refractivity contribution in [3.05, 3.63) is 34.8 Å². The van der Waals surface area contributed by atoms with Crippen molar-refractivity contribution in [2.24, 2.45) is 5.41 Å². The van der Waals surface area contributed by atoms with Gasteiger partial charge in [-0.25, -0.2) is 18.1 Å². The van der Waals surface area contributed by atoms with Crippen molar-refractivity contribution in [1.82, 2.24) is 9.71 Å². The highest BCUT2D eigenvalue weighted by molar-refractivity contribution is 7.89. The normalized spacial score (nSPS) is 15.6. The van der Waals surface area contributed by atoms with Gasteiger partial charge in [0.05, 0.1) is 22.6 Å². The number of hydrogen-bond donors (Lipinski definition) is 2. The molecular formula is C19H23N3O5S2. The molecule has 0 fully saturated rings. The Bertz CT molecular complexity index is 1030. The molecular weight excluding hydrogens is 414 g/mol. The molecule has 2 N–H and O–H groups in total. The maximum Gasteiger partial charge on any atom is 0.240 e. The SMILES string of the molecule is COc1ccc(S(=O)(=O)NCCC(=O)Nc2nc3c(s2)C(=O)CC(C)(C)C3)cc1. The van der Waals surface area contributed by atoms with Crippen LogP contribution in [0.3, 0.4) is 0 Å². The number of carbonyl (C=O) groups is 2. The molecule has 29 heavy (non-hydrogen) atoms. The summed E-state index contributed by atoms with van der Waals surface area (Å²) < 4.78 is 31.9. The van der Waals surface area contributed by atoms with E-state index in [9.17, 15) is 18.0 Å². The van der Waals surface area contributed by atoms with Crippen LogP contribution in [0.4, 0.5) is 5.13 Å². The van der Waals surface area contributed by atoms with Crippen molar-refractivity contribution in [3.63, 3.8) is 0 Å². The number of ketones is 1. The average Bonchev–Trinajstić information content (AvgIpc) is 3.02. The maximum absolute atomic E-state index is 12.3. The summed E-state index contributed by atoms with van der Waals surface area (Å²) in [6.07, 6.45) is 1.09. The van der Waals surface area contributed by atoms with Gasteiger partial charge in [0, 0.05) is 19.4 Å². The Morgan fingerprint density at radius 2 is 1.93 bits per heavy atom. The zero-order chi connectivity index (χ0) is 21.2. The molecule has 1 heterocycles. The van der Waals surface area contributed by atoms with E-state index in [4.69, 9.17) is 4.74 Å². The molecule has 0 atom stereocenters. The summed E-state index contributed by atoms with van der Waals surface area (Å²) in [6, 6.07) is 5.96. The molecule has 10 heteroatoms. The summed E-state index contributed by atoms with van der Waals surface area (Å²) in [4.78, 5) is 29.5. The van der Waals surface area contributed by atoms with Gasteiger partial charge in [-0.1, -0.05) is 25.2 Å². The van der Waals surface area contributed by atoms with Crippen LogP contribution < -0.4 is 14.8 Å². The number of rotatable bonds is 7. The Morgan fingerprint density at radius 3 is 2.59 bits per heavy atom. The van der Waals surface area contributed by atoms with E-state index in [1.54, 1.807) is 12.1 Å². The predicted molar refractivity (Wildman–Crippen MR) is 110 cm³/mol. The number of thiazole rings is 1. The zero-order valence-corrected chi connectivity index (χ0v) is 18.1. The van der Waals surface area contributed by atoms with Crippen molar-refractivity contribution in [2.45, 2.75) is 38.0 Å². The van der Waals surface area contributed by atoms with Gasteiger partial charge in [-0.05, 0) is 36.1 Å². The highest BCUT2D eigenvalue weighted by atomic mass is 32.2. The quantitative estimate of drug-likeness (QED) is 0.688. The molecule has 1 aliphatic carbocycles. The summed E-state index contributed by atoms with van der Waals surface area (Å²) >= 11 is 1.17. The van der Waals surface area contributed by atoms with Gasteiger partial charge >= 0.3 is 0 Å². The number of carbonyl (C=O) groups excluding carboxylic acids is 2. The van der Waals surface area contributed by atoms with Gasteiger partial charge in [-0.15, -0.1) is 0 Å². The number of ether oxygens (including phenoxy) is 1. The molecule has 0 saturated carbocycles. The molecule has 0 spiro atoms. The molecule has 0 aliphatic heterocycles. The Morgan fingerprint density at radius 1 is 1.24 bits per heavy atom. The summed E-state index contributed by atoms with van der Waals surface area (Å²) in [5, 5.41) is 3.02. The molecule has 0 unspecified atom stereocenters. The summed E-state index contributed by atoms with van der Waals surface area (Å²) in [6.45, 7) is 3.97. The molecule has 0 bridgehead atoms. The van der Waals surface area contributed by atoms with Crippen LogP contribution in [-0.2, 0) is 21.2 Å². The van der Waals surface area contributed by atoms with Crippen molar-refractivity contribution in [2.75, 3.05) is 19.0 Å².